The van der Waals surface area contributed by atoms with Gasteiger partial charge in [-0.05, 0) is 51.5 Å². The molecule has 0 aromatic carbocycles. The fourth-order valence-electron chi connectivity index (χ4n) is 3.60. The van der Waals surface area contributed by atoms with Gasteiger partial charge in [-0.15, -0.1) is 0 Å². The number of nitrogens with one attached hydrogen (secondary N) is 1. The number of nitrogens with zero attached hydrogens (tertiary/aromatic N) is 1. The van der Waals surface area contributed by atoms with Crippen molar-refractivity contribution in [3.63, 3.8) is 0 Å². The van der Waals surface area contributed by atoms with Crippen molar-refractivity contribution in [1.29, 1.82) is 0 Å². The third-order valence-electron chi connectivity index (χ3n) is 4.93. The molecule has 0 aliphatic carbocycles. The fraction of sp³-hybridized carbons (Fsp3) is 0.857. The van der Waals surface area contributed by atoms with Crippen LogP contribution in [-0.2, 0) is 0 Å². The second kappa shape index (κ2) is 5.51. The van der Waals surface area contributed by atoms with Crippen LogP contribution in [0.15, 0.2) is 12.2 Å². The Morgan fingerprint density at radius 1 is 1.41 bits per heavy atom. The average molecular weight is 237 g/mol. The zero-order valence-electron chi connectivity index (χ0n) is 11.3. The van der Waals surface area contributed by atoms with Crippen molar-refractivity contribution in [2.45, 2.75) is 63.6 Å². The van der Waals surface area contributed by atoms with Gasteiger partial charge in [0.1, 0.15) is 0 Å². The van der Waals surface area contributed by atoms with Gasteiger partial charge in [0.05, 0.1) is 0 Å². The van der Waals surface area contributed by atoms with Crippen LogP contribution >= 0.6 is 0 Å². The summed E-state index contributed by atoms with van der Waals surface area (Å²) in [6.45, 7) is 6.29. The first kappa shape index (κ1) is 13.1. The van der Waals surface area contributed by atoms with Crippen molar-refractivity contribution in [2.24, 2.45) is 11.8 Å². The summed E-state index contributed by atoms with van der Waals surface area (Å²) in [5.41, 5.74) is 4.36. The van der Waals surface area contributed by atoms with Gasteiger partial charge in [0.15, 0.2) is 0 Å². The summed E-state index contributed by atoms with van der Waals surface area (Å²) in [6, 6.07) is 2.02. The first-order valence-electron chi connectivity index (χ1n) is 7.00. The van der Waals surface area contributed by atoms with Crippen LogP contribution in [-0.4, -0.2) is 30.1 Å². The van der Waals surface area contributed by atoms with Crippen LogP contribution in [0.4, 0.5) is 0 Å². The molecule has 2 heterocycles. The highest BCUT2D eigenvalue weighted by Gasteiger charge is 2.40. The van der Waals surface area contributed by atoms with E-state index in [0.717, 1.165) is 30.8 Å². The Morgan fingerprint density at radius 2 is 2.00 bits per heavy atom. The Morgan fingerprint density at radius 3 is 2.47 bits per heavy atom. The van der Waals surface area contributed by atoms with Crippen LogP contribution < -0.4 is 11.3 Å². The quantitative estimate of drug-likeness (QED) is 0.437. The van der Waals surface area contributed by atoms with Crippen LogP contribution in [0.3, 0.4) is 0 Å². The van der Waals surface area contributed by atoms with Crippen molar-refractivity contribution >= 4 is 0 Å². The fourth-order valence-corrected chi connectivity index (χ4v) is 3.60. The standard InChI is InChI=1S/C14H27N3/c1-4-10(2)7-14(16-15)11-8-12-5-6-13(9-11)17(12)3/h11-14,16H,2,4-9,15H2,1,3H3. The van der Waals surface area contributed by atoms with E-state index in [4.69, 9.17) is 5.84 Å². The Kier molecular flexibility index (Phi) is 4.23. The summed E-state index contributed by atoms with van der Waals surface area (Å²) in [5.74, 6) is 6.48. The minimum absolute atomic E-state index is 0.430. The molecule has 0 amide bonds. The van der Waals surface area contributed by atoms with Crippen molar-refractivity contribution < 1.29 is 0 Å². The van der Waals surface area contributed by atoms with Gasteiger partial charge in [-0.3, -0.25) is 11.3 Å². The molecule has 2 aliphatic heterocycles. The molecule has 3 heteroatoms. The van der Waals surface area contributed by atoms with Gasteiger partial charge in [0, 0.05) is 18.1 Å². The zero-order chi connectivity index (χ0) is 12.4. The topological polar surface area (TPSA) is 41.3 Å². The normalized spacial score (nSPS) is 34.9. The number of nitrogens with two attached hydrogens (primary N) is 1. The maximum atomic E-state index is 5.75. The molecule has 0 spiro atoms. The van der Waals surface area contributed by atoms with Crippen molar-refractivity contribution in [3.05, 3.63) is 12.2 Å². The molecule has 3 N–H and O–H groups in total. The largest absolute Gasteiger partial charge is 0.300 e. The Hall–Kier alpha value is -0.380. The molecule has 2 fully saturated rings. The van der Waals surface area contributed by atoms with Crippen LogP contribution in [0.2, 0.25) is 0 Å². The Balaban J connectivity index is 1.95. The predicted molar refractivity (Wildman–Crippen MR) is 72.5 cm³/mol. The number of hydrogen-bond donors (Lipinski definition) is 2. The summed E-state index contributed by atoms with van der Waals surface area (Å²) in [7, 11) is 2.29. The van der Waals surface area contributed by atoms with Gasteiger partial charge in [0.2, 0.25) is 0 Å². The molecule has 2 saturated heterocycles. The van der Waals surface area contributed by atoms with E-state index in [-0.39, 0.29) is 0 Å². The minimum Gasteiger partial charge on any atom is -0.300 e. The summed E-state index contributed by atoms with van der Waals surface area (Å²) in [5, 5.41) is 0. The molecule has 2 rings (SSSR count). The van der Waals surface area contributed by atoms with E-state index < -0.39 is 0 Å². The first-order chi connectivity index (χ1) is 8.15. The second-order valence-corrected chi connectivity index (χ2v) is 5.86. The van der Waals surface area contributed by atoms with Crippen LogP contribution in [0.5, 0.6) is 0 Å². The number of piperidine rings is 1. The lowest BCUT2D eigenvalue weighted by Crippen LogP contribution is -2.49. The molecule has 2 bridgehead atoms. The van der Waals surface area contributed by atoms with E-state index in [1.165, 1.54) is 31.3 Å². The van der Waals surface area contributed by atoms with E-state index in [2.05, 4.69) is 30.9 Å². The lowest BCUT2D eigenvalue weighted by Gasteiger charge is -2.39. The van der Waals surface area contributed by atoms with E-state index in [0.29, 0.717) is 6.04 Å². The lowest BCUT2D eigenvalue weighted by molar-refractivity contribution is 0.112. The number of hydrazine groups is 1. The van der Waals surface area contributed by atoms with Crippen LogP contribution in [0, 0.1) is 5.92 Å². The Labute approximate surface area is 105 Å². The number of fused-ring (bicyclic) bond motifs is 2. The predicted octanol–water partition coefficient (Wildman–Crippen LogP) is 2.05. The molecule has 0 saturated carbocycles. The van der Waals surface area contributed by atoms with Crippen LogP contribution in [0.1, 0.15) is 45.4 Å². The van der Waals surface area contributed by atoms with Gasteiger partial charge >= 0.3 is 0 Å². The van der Waals surface area contributed by atoms with Gasteiger partial charge in [0.25, 0.3) is 0 Å². The highest BCUT2D eigenvalue weighted by Crippen LogP contribution is 2.39. The zero-order valence-corrected chi connectivity index (χ0v) is 11.3. The second-order valence-electron chi connectivity index (χ2n) is 5.86. The highest BCUT2D eigenvalue weighted by atomic mass is 15.2. The van der Waals surface area contributed by atoms with Gasteiger partial charge in [-0.2, -0.15) is 0 Å². The molecule has 0 radical (unpaired) electrons. The summed E-state index contributed by atoms with van der Waals surface area (Å²) in [4.78, 5) is 2.58. The van der Waals surface area contributed by atoms with Gasteiger partial charge in [-0.25, -0.2) is 0 Å². The van der Waals surface area contributed by atoms with E-state index in [1.54, 1.807) is 0 Å². The molecule has 17 heavy (non-hydrogen) atoms. The number of hydrogen-bond acceptors (Lipinski definition) is 3. The minimum atomic E-state index is 0.430. The van der Waals surface area contributed by atoms with Crippen molar-refractivity contribution in [1.82, 2.24) is 10.3 Å². The maximum Gasteiger partial charge on any atom is 0.0276 e. The third-order valence-corrected chi connectivity index (χ3v) is 4.93. The summed E-state index contributed by atoms with van der Waals surface area (Å²) >= 11 is 0. The van der Waals surface area contributed by atoms with Gasteiger partial charge in [-0.1, -0.05) is 19.1 Å². The molecule has 3 unspecified atom stereocenters. The lowest BCUT2D eigenvalue weighted by atomic mass is 9.82. The number of rotatable bonds is 5. The molecule has 3 atom stereocenters. The Bertz CT molecular complexity index is 263. The highest BCUT2D eigenvalue weighted by molar-refractivity contribution is 5.02. The van der Waals surface area contributed by atoms with Crippen LogP contribution in [0.25, 0.3) is 0 Å². The summed E-state index contributed by atoms with van der Waals surface area (Å²) < 4.78 is 0. The molecule has 0 aromatic rings. The molecule has 98 valence electrons. The SMILES string of the molecule is C=C(CC)CC(NN)C1CC2CCC(C1)N2C. The summed E-state index contributed by atoms with van der Waals surface area (Å²) in [6.07, 6.45) is 7.48. The van der Waals surface area contributed by atoms with Gasteiger partial charge < -0.3 is 4.90 Å². The first-order valence-corrected chi connectivity index (χ1v) is 7.00. The molecular formula is C14H27N3. The van der Waals surface area contributed by atoms with Crippen molar-refractivity contribution in [3.8, 4) is 0 Å². The monoisotopic (exact) mass is 237 g/mol. The molecular weight excluding hydrogens is 210 g/mol. The van der Waals surface area contributed by atoms with Crippen molar-refractivity contribution in [2.75, 3.05) is 7.05 Å². The smallest absolute Gasteiger partial charge is 0.0276 e. The molecule has 2 aliphatic rings. The molecule has 0 aromatic heterocycles. The average Bonchev–Trinajstić information content (AvgIpc) is 2.58. The molecule has 3 nitrogen and oxygen atoms in total. The van der Waals surface area contributed by atoms with E-state index in [9.17, 15) is 0 Å². The maximum absolute atomic E-state index is 5.75. The van der Waals surface area contributed by atoms with E-state index >= 15 is 0 Å². The third kappa shape index (κ3) is 2.72. The van der Waals surface area contributed by atoms with E-state index in [1.807, 2.05) is 0 Å².